The molecular formula is C18H18FNO5. The first kappa shape index (κ1) is 18.4. The number of rotatable bonds is 6. The zero-order valence-electron chi connectivity index (χ0n) is 13.9. The van der Waals surface area contributed by atoms with E-state index < -0.39 is 24.1 Å². The number of nitrogens with one attached hydrogen (secondary N) is 1. The molecule has 2 aromatic rings. The van der Waals surface area contributed by atoms with Crippen molar-refractivity contribution in [2.75, 3.05) is 13.2 Å². The van der Waals surface area contributed by atoms with E-state index in [1.165, 1.54) is 25.1 Å². The van der Waals surface area contributed by atoms with E-state index in [-0.39, 0.29) is 17.1 Å². The van der Waals surface area contributed by atoms with Gasteiger partial charge in [0.1, 0.15) is 17.1 Å². The largest absolute Gasteiger partial charge is 0.452 e. The van der Waals surface area contributed by atoms with E-state index in [2.05, 4.69) is 5.32 Å². The lowest BCUT2D eigenvalue weighted by Crippen LogP contribution is -2.30. The summed E-state index contributed by atoms with van der Waals surface area (Å²) in [5, 5.41) is 2.61. The summed E-state index contributed by atoms with van der Waals surface area (Å²) >= 11 is 0. The van der Waals surface area contributed by atoms with Crippen LogP contribution in [0, 0.1) is 19.7 Å². The fourth-order valence-electron chi connectivity index (χ4n) is 2.31. The zero-order chi connectivity index (χ0) is 18.4. The molecule has 0 spiro atoms. The first-order valence-electron chi connectivity index (χ1n) is 7.66. The minimum atomic E-state index is -0.729. The predicted molar refractivity (Wildman–Crippen MR) is 87.8 cm³/mol. The second-order valence-corrected chi connectivity index (χ2v) is 5.48. The predicted octanol–water partition coefficient (Wildman–Crippen LogP) is 1.91. The van der Waals surface area contributed by atoms with Crippen LogP contribution in [0.25, 0.3) is 0 Å². The van der Waals surface area contributed by atoms with Crippen molar-refractivity contribution in [1.82, 2.24) is 5.32 Å². The Hall–Kier alpha value is -2.96. The maximum absolute atomic E-state index is 12.8. The van der Waals surface area contributed by atoms with Crippen LogP contribution in [-0.4, -0.2) is 25.0 Å². The van der Waals surface area contributed by atoms with Crippen molar-refractivity contribution in [3.05, 3.63) is 69.0 Å². The van der Waals surface area contributed by atoms with E-state index in [1.54, 1.807) is 19.1 Å². The monoisotopic (exact) mass is 347 g/mol. The van der Waals surface area contributed by atoms with Gasteiger partial charge in [0, 0.05) is 12.6 Å². The lowest BCUT2D eigenvalue weighted by atomic mass is 10.1. The van der Waals surface area contributed by atoms with E-state index in [4.69, 9.17) is 9.15 Å². The molecule has 0 radical (unpaired) electrons. The fourth-order valence-corrected chi connectivity index (χ4v) is 2.31. The Morgan fingerprint density at radius 3 is 2.52 bits per heavy atom. The Morgan fingerprint density at radius 2 is 1.88 bits per heavy atom. The minimum absolute atomic E-state index is 0.138. The minimum Gasteiger partial charge on any atom is -0.452 e. The second-order valence-electron chi connectivity index (χ2n) is 5.48. The van der Waals surface area contributed by atoms with E-state index in [9.17, 15) is 18.8 Å². The number of halogens is 1. The summed E-state index contributed by atoms with van der Waals surface area (Å²) in [6.07, 6.45) is 0.530. The van der Waals surface area contributed by atoms with E-state index >= 15 is 0 Å². The number of carbonyl (C=O) groups is 2. The Bertz CT molecular complexity index is 800. The topological polar surface area (TPSA) is 85.6 Å². The van der Waals surface area contributed by atoms with Gasteiger partial charge in [-0.2, -0.15) is 0 Å². The smallest absolute Gasteiger partial charge is 0.342 e. The van der Waals surface area contributed by atoms with Gasteiger partial charge in [0.05, 0.1) is 0 Å². The Morgan fingerprint density at radius 1 is 1.20 bits per heavy atom. The van der Waals surface area contributed by atoms with E-state index in [0.29, 0.717) is 18.5 Å². The summed E-state index contributed by atoms with van der Waals surface area (Å²) in [5.41, 5.74) is 0.892. The number of aryl methyl sites for hydroxylation is 2. The highest BCUT2D eigenvalue weighted by Gasteiger charge is 2.17. The first-order chi connectivity index (χ1) is 11.9. The highest BCUT2D eigenvalue weighted by atomic mass is 19.1. The highest BCUT2D eigenvalue weighted by Crippen LogP contribution is 2.12. The number of carbonyl (C=O) groups excluding carboxylic acids is 2. The second kappa shape index (κ2) is 8.23. The lowest BCUT2D eigenvalue weighted by molar-refractivity contribution is -0.124. The number of ether oxygens (including phenoxy) is 1. The quantitative estimate of drug-likeness (QED) is 0.807. The summed E-state index contributed by atoms with van der Waals surface area (Å²) in [6, 6.07) is 7.16. The van der Waals surface area contributed by atoms with Crippen LogP contribution < -0.4 is 10.9 Å². The molecule has 0 aliphatic heterocycles. The molecule has 0 saturated heterocycles. The van der Waals surface area contributed by atoms with Gasteiger partial charge in [-0.1, -0.05) is 12.1 Å². The molecule has 0 aliphatic carbocycles. The third-order valence-corrected chi connectivity index (χ3v) is 3.52. The van der Waals surface area contributed by atoms with Crippen LogP contribution >= 0.6 is 0 Å². The van der Waals surface area contributed by atoms with Gasteiger partial charge in [-0.05, 0) is 43.5 Å². The van der Waals surface area contributed by atoms with Crippen LogP contribution in [0.15, 0.2) is 39.5 Å². The molecule has 0 unspecified atom stereocenters. The maximum atomic E-state index is 12.8. The number of esters is 1. The average molecular weight is 347 g/mol. The van der Waals surface area contributed by atoms with Crippen molar-refractivity contribution in [2.45, 2.75) is 20.3 Å². The van der Waals surface area contributed by atoms with Gasteiger partial charge in [0.25, 0.3) is 5.91 Å². The average Bonchev–Trinajstić information content (AvgIpc) is 2.54. The standard InChI is InChI=1S/C18H18FNO5/c1-11-9-16(22)25-12(2)17(11)18(23)24-10-15(21)20-8-7-13-3-5-14(19)6-4-13/h3-6,9H,7-8,10H2,1-2H3,(H,20,21). The van der Waals surface area contributed by atoms with Gasteiger partial charge in [0.2, 0.25) is 0 Å². The molecule has 1 N–H and O–H groups in total. The molecule has 0 bridgehead atoms. The van der Waals surface area contributed by atoms with Crippen LogP contribution in [0.1, 0.15) is 27.2 Å². The summed E-state index contributed by atoms with van der Waals surface area (Å²) in [4.78, 5) is 35.0. The van der Waals surface area contributed by atoms with Crippen LogP contribution in [0.3, 0.4) is 0 Å². The molecule has 0 atom stereocenters. The third-order valence-electron chi connectivity index (χ3n) is 3.52. The number of hydrogen-bond donors (Lipinski definition) is 1. The number of amides is 1. The van der Waals surface area contributed by atoms with Gasteiger partial charge in [-0.15, -0.1) is 0 Å². The van der Waals surface area contributed by atoms with Crippen LogP contribution in [-0.2, 0) is 16.0 Å². The summed E-state index contributed by atoms with van der Waals surface area (Å²) in [6.45, 7) is 2.96. The van der Waals surface area contributed by atoms with Gasteiger partial charge in [0.15, 0.2) is 6.61 Å². The van der Waals surface area contributed by atoms with E-state index in [1.807, 2.05) is 0 Å². The molecule has 1 heterocycles. The van der Waals surface area contributed by atoms with Crippen molar-refractivity contribution >= 4 is 11.9 Å². The van der Waals surface area contributed by atoms with Crippen molar-refractivity contribution in [1.29, 1.82) is 0 Å². The fraction of sp³-hybridized carbons (Fsp3) is 0.278. The zero-order valence-corrected chi connectivity index (χ0v) is 13.9. The highest BCUT2D eigenvalue weighted by molar-refractivity contribution is 5.93. The van der Waals surface area contributed by atoms with Gasteiger partial charge in [-0.3, -0.25) is 4.79 Å². The lowest BCUT2D eigenvalue weighted by Gasteiger charge is -2.09. The first-order valence-corrected chi connectivity index (χ1v) is 7.66. The Kier molecular flexibility index (Phi) is 6.05. The Balaban J connectivity index is 1.80. The van der Waals surface area contributed by atoms with Crippen LogP contribution in [0.5, 0.6) is 0 Å². The molecule has 1 amide bonds. The van der Waals surface area contributed by atoms with Crippen LogP contribution in [0.4, 0.5) is 4.39 Å². The summed E-state index contributed by atoms with van der Waals surface area (Å²) < 4.78 is 22.6. The van der Waals surface area contributed by atoms with Crippen molar-refractivity contribution in [3.63, 3.8) is 0 Å². The summed E-state index contributed by atoms with van der Waals surface area (Å²) in [5.74, 6) is -1.36. The molecule has 2 rings (SSSR count). The maximum Gasteiger partial charge on any atom is 0.342 e. The summed E-state index contributed by atoms with van der Waals surface area (Å²) in [7, 11) is 0. The molecule has 7 heteroatoms. The third kappa shape index (κ3) is 5.27. The normalized spacial score (nSPS) is 10.4. The van der Waals surface area contributed by atoms with Gasteiger partial charge in [-0.25, -0.2) is 14.0 Å². The molecule has 25 heavy (non-hydrogen) atoms. The number of hydrogen-bond acceptors (Lipinski definition) is 5. The van der Waals surface area contributed by atoms with Crippen LogP contribution in [0.2, 0.25) is 0 Å². The molecule has 1 aromatic heterocycles. The molecule has 6 nitrogen and oxygen atoms in total. The van der Waals surface area contributed by atoms with Gasteiger partial charge < -0.3 is 14.5 Å². The number of benzene rings is 1. The molecule has 0 fully saturated rings. The van der Waals surface area contributed by atoms with Crippen molar-refractivity contribution < 1.29 is 23.1 Å². The molecule has 0 aliphatic rings. The van der Waals surface area contributed by atoms with Crippen molar-refractivity contribution in [3.8, 4) is 0 Å². The SMILES string of the molecule is Cc1cc(=O)oc(C)c1C(=O)OCC(=O)NCCc1ccc(F)cc1. The molecule has 0 saturated carbocycles. The Labute approximate surface area is 143 Å². The van der Waals surface area contributed by atoms with Gasteiger partial charge >= 0.3 is 11.6 Å². The van der Waals surface area contributed by atoms with E-state index in [0.717, 1.165) is 5.56 Å². The molecular weight excluding hydrogens is 329 g/mol. The molecule has 132 valence electrons. The van der Waals surface area contributed by atoms with Crippen molar-refractivity contribution in [2.24, 2.45) is 0 Å². The molecule has 1 aromatic carbocycles.